The maximum atomic E-state index is 13.5. The third kappa shape index (κ3) is 4.34. The van der Waals surface area contributed by atoms with Crippen LogP contribution in [0.4, 0.5) is 8.78 Å². The van der Waals surface area contributed by atoms with Gasteiger partial charge in [0.2, 0.25) is 0 Å². The van der Waals surface area contributed by atoms with Crippen molar-refractivity contribution < 1.29 is 8.78 Å². The maximum Gasteiger partial charge on any atom is 0.159 e. The summed E-state index contributed by atoms with van der Waals surface area (Å²) in [7, 11) is 0. The lowest BCUT2D eigenvalue weighted by molar-refractivity contribution is 0.503. The van der Waals surface area contributed by atoms with Gasteiger partial charge in [-0.3, -0.25) is 0 Å². The molecule has 1 nitrogen and oxygen atoms in total. The number of hydrogen-bond donors (Lipinski definition) is 1. The van der Waals surface area contributed by atoms with Gasteiger partial charge in [0, 0.05) is 8.95 Å². The van der Waals surface area contributed by atoms with Gasteiger partial charge in [-0.05, 0) is 54.4 Å². The molecule has 0 aliphatic heterocycles. The molecular formula is C16H15Br2F2N. The fraction of sp³-hybridized carbons (Fsp3) is 0.250. The smallest absolute Gasteiger partial charge is 0.159 e. The summed E-state index contributed by atoms with van der Waals surface area (Å²) >= 11 is 6.91. The van der Waals surface area contributed by atoms with Gasteiger partial charge in [0.1, 0.15) is 0 Å². The Labute approximate surface area is 140 Å². The molecule has 0 radical (unpaired) electrons. The third-order valence-electron chi connectivity index (χ3n) is 3.09. The molecule has 0 amide bonds. The van der Waals surface area contributed by atoms with E-state index < -0.39 is 11.6 Å². The summed E-state index contributed by atoms with van der Waals surface area (Å²) in [6, 6.07) is 9.72. The summed E-state index contributed by atoms with van der Waals surface area (Å²) in [6.07, 6.45) is 0.954. The zero-order chi connectivity index (χ0) is 15.4. The van der Waals surface area contributed by atoms with Gasteiger partial charge < -0.3 is 5.32 Å². The predicted octanol–water partition coefficient (Wildman–Crippen LogP) is 5.58. The molecule has 0 bridgehead atoms. The van der Waals surface area contributed by atoms with Gasteiger partial charge in [-0.15, -0.1) is 0 Å². The van der Waals surface area contributed by atoms with Crippen molar-refractivity contribution in [2.24, 2.45) is 0 Å². The van der Waals surface area contributed by atoms with E-state index in [4.69, 9.17) is 0 Å². The van der Waals surface area contributed by atoms with Crippen molar-refractivity contribution in [3.8, 4) is 0 Å². The van der Waals surface area contributed by atoms with Gasteiger partial charge in [0.15, 0.2) is 11.6 Å². The summed E-state index contributed by atoms with van der Waals surface area (Å²) in [5.74, 6) is -1.66. The second kappa shape index (κ2) is 7.47. The first-order valence-corrected chi connectivity index (χ1v) is 8.24. The lowest BCUT2D eigenvalue weighted by atomic mass is 9.98. The van der Waals surface area contributed by atoms with Crippen LogP contribution < -0.4 is 5.32 Å². The molecule has 0 saturated carbocycles. The zero-order valence-electron chi connectivity index (χ0n) is 11.5. The van der Waals surface area contributed by atoms with E-state index in [1.807, 2.05) is 18.2 Å². The third-order valence-corrected chi connectivity index (χ3v) is 4.01. The molecule has 0 fully saturated rings. The van der Waals surface area contributed by atoms with Crippen molar-refractivity contribution >= 4 is 31.9 Å². The minimum Gasteiger partial charge on any atom is -0.306 e. The number of nitrogens with one attached hydrogen (secondary N) is 1. The number of hydrogen-bond acceptors (Lipinski definition) is 1. The van der Waals surface area contributed by atoms with E-state index in [0.717, 1.165) is 27.5 Å². The summed E-state index contributed by atoms with van der Waals surface area (Å²) in [5.41, 5.74) is 1.68. The van der Waals surface area contributed by atoms with Crippen LogP contribution in [-0.4, -0.2) is 6.54 Å². The molecule has 2 aromatic rings. The largest absolute Gasteiger partial charge is 0.306 e. The van der Waals surface area contributed by atoms with Gasteiger partial charge in [-0.1, -0.05) is 44.8 Å². The minimum absolute atomic E-state index is 0.186. The second-order valence-electron chi connectivity index (χ2n) is 4.76. The first kappa shape index (κ1) is 16.6. The Morgan fingerprint density at radius 1 is 0.952 bits per heavy atom. The molecule has 0 aromatic heterocycles. The highest BCUT2D eigenvalue weighted by Gasteiger charge is 2.16. The lowest BCUT2D eigenvalue weighted by Gasteiger charge is -2.20. The molecule has 5 heteroatoms. The molecular weight excluding hydrogens is 404 g/mol. The monoisotopic (exact) mass is 417 g/mol. The molecule has 1 unspecified atom stereocenters. The fourth-order valence-electron chi connectivity index (χ4n) is 2.15. The van der Waals surface area contributed by atoms with Crippen LogP contribution in [-0.2, 0) is 0 Å². The summed E-state index contributed by atoms with van der Waals surface area (Å²) in [6.45, 7) is 2.85. The van der Waals surface area contributed by atoms with Crippen molar-refractivity contribution in [3.05, 3.63) is 68.1 Å². The van der Waals surface area contributed by atoms with Crippen molar-refractivity contribution in [2.45, 2.75) is 19.4 Å². The van der Waals surface area contributed by atoms with Crippen LogP contribution in [0.5, 0.6) is 0 Å². The van der Waals surface area contributed by atoms with Crippen molar-refractivity contribution in [1.82, 2.24) is 5.32 Å². The van der Waals surface area contributed by atoms with Crippen LogP contribution in [0, 0.1) is 11.6 Å². The molecule has 0 aliphatic rings. The lowest BCUT2D eigenvalue weighted by Crippen LogP contribution is -2.23. The molecule has 0 heterocycles. The van der Waals surface area contributed by atoms with E-state index in [2.05, 4.69) is 44.1 Å². The van der Waals surface area contributed by atoms with Crippen molar-refractivity contribution in [3.63, 3.8) is 0 Å². The molecule has 0 saturated heterocycles. The Kier molecular flexibility index (Phi) is 5.90. The van der Waals surface area contributed by atoms with E-state index >= 15 is 0 Å². The van der Waals surface area contributed by atoms with Gasteiger partial charge >= 0.3 is 0 Å². The Balaban J connectivity index is 2.43. The van der Waals surface area contributed by atoms with Gasteiger partial charge in [0.05, 0.1) is 6.04 Å². The SMILES string of the molecule is CCCNC(c1cc(Br)cc(Br)c1)c1ccc(F)c(F)c1. The van der Waals surface area contributed by atoms with Crippen LogP contribution in [0.3, 0.4) is 0 Å². The van der Waals surface area contributed by atoms with Crippen LogP contribution in [0.2, 0.25) is 0 Å². The standard InChI is InChI=1S/C16H15Br2F2N/c1-2-5-21-16(10-3-4-14(19)15(20)8-10)11-6-12(17)9-13(18)7-11/h3-4,6-9,16,21H,2,5H2,1H3. The highest BCUT2D eigenvalue weighted by molar-refractivity contribution is 9.11. The molecule has 1 N–H and O–H groups in total. The average molecular weight is 419 g/mol. The average Bonchev–Trinajstić information content (AvgIpc) is 2.42. The Bertz CT molecular complexity index is 611. The molecule has 112 valence electrons. The van der Waals surface area contributed by atoms with E-state index in [9.17, 15) is 8.78 Å². The van der Waals surface area contributed by atoms with Crippen LogP contribution >= 0.6 is 31.9 Å². The van der Waals surface area contributed by atoms with Gasteiger partial charge in [-0.25, -0.2) is 8.78 Å². The first-order chi connectivity index (χ1) is 10.0. The van der Waals surface area contributed by atoms with Crippen LogP contribution in [0.15, 0.2) is 45.3 Å². The van der Waals surface area contributed by atoms with Crippen molar-refractivity contribution in [2.75, 3.05) is 6.54 Å². The number of benzene rings is 2. The zero-order valence-corrected chi connectivity index (χ0v) is 14.6. The van der Waals surface area contributed by atoms with Crippen LogP contribution in [0.1, 0.15) is 30.5 Å². The quantitative estimate of drug-likeness (QED) is 0.668. The fourth-order valence-corrected chi connectivity index (χ4v) is 3.48. The summed E-state index contributed by atoms with van der Waals surface area (Å²) < 4.78 is 28.5. The molecule has 0 aliphatic carbocycles. The predicted molar refractivity (Wildman–Crippen MR) is 88.3 cm³/mol. The Morgan fingerprint density at radius 2 is 1.62 bits per heavy atom. The molecule has 2 rings (SSSR count). The summed E-state index contributed by atoms with van der Waals surface area (Å²) in [5, 5.41) is 3.37. The molecule has 1 atom stereocenters. The number of halogens is 4. The van der Waals surface area contributed by atoms with E-state index in [0.29, 0.717) is 5.56 Å². The second-order valence-corrected chi connectivity index (χ2v) is 6.59. The summed E-state index contributed by atoms with van der Waals surface area (Å²) in [4.78, 5) is 0. The van der Waals surface area contributed by atoms with Gasteiger partial charge in [-0.2, -0.15) is 0 Å². The van der Waals surface area contributed by atoms with E-state index in [1.165, 1.54) is 12.1 Å². The Morgan fingerprint density at radius 3 is 2.19 bits per heavy atom. The highest BCUT2D eigenvalue weighted by Crippen LogP contribution is 2.29. The molecule has 0 spiro atoms. The van der Waals surface area contributed by atoms with E-state index in [1.54, 1.807) is 6.07 Å². The normalized spacial score (nSPS) is 12.4. The maximum absolute atomic E-state index is 13.5. The van der Waals surface area contributed by atoms with Gasteiger partial charge in [0.25, 0.3) is 0 Å². The first-order valence-electron chi connectivity index (χ1n) is 6.65. The Hall–Kier alpha value is -0.780. The molecule has 21 heavy (non-hydrogen) atoms. The van der Waals surface area contributed by atoms with Crippen LogP contribution in [0.25, 0.3) is 0 Å². The topological polar surface area (TPSA) is 12.0 Å². The minimum atomic E-state index is -0.830. The molecule has 2 aromatic carbocycles. The van der Waals surface area contributed by atoms with Crippen molar-refractivity contribution in [1.29, 1.82) is 0 Å². The van der Waals surface area contributed by atoms with E-state index in [-0.39, 0.29) is 6.04 Å². The highest BCUT2D eigenvalue weighted by atomic mass is 79.9. The number of rotatable bonds is 5.